The summed E-state index contributed by atoms with van der Waals surface area (Å²) >= 11 is 0. The third kappa shape index (κ3) is 2.72. The molecule has 3 rings (SSSR count). The van der Waals surface area contributed by atoms with Gasteiger partial charge in [0.25, 0.3) is 0 Å². The number of ether oxygens (including phenoxy) is 1. The van der Waals surface area contributed by atoms with Gasteiger partial charge in [-0.05, 0) is 25.0 Å². The molecule has 1 aliphatic rings. The molecular formula is C14H14FN3O3. The summed E-state index contributed by atoms with van der Waals surface area (Å²) in [7, 11) is 0. The number of hydrogen-bond acceptors (Lipinski definition) is 4. The van der Waals surface area contributed by atoms with E-state index in [0.29, 0.717) is 5.82 Å². The smallest absolute Gasteiger partial charge is 0.338 e. The van der Waals surface area contributed by atoms with E-state index in [4.69, 9.17) is 9.84 Å². The number of aromatic nitrogens is 3. The van der Waals surface area contributed by atoms with Gasteiger partial charge in [-0.15, -0.1) is 10.2 Å². The Bertz CT molecular complexity index is 684. The van der Waals surface area contributed by atoms with Gasteiger partial charge in [0.2, 0.25) is 0 Å². The van der Waals surface area contributed by atoms with Gasteiger partial charge >= 0.3 is 5.97 Å². The zero-order valence-corrected chi connectivity index (χ0v) is 11.3. The number of rotatable bonds is 4. The third-order valence-electron chi connectivity index (χ3n) is 3.48. The second-order valence-corrected chi connectivity index (χ2v) is 4.88. The normalized spacial score (nSPS) is 13.8. The summed E-state index contributed by atoms with van der Waals surface area (Å²) in [5, 5.41) is 17.0. The van der Waals surface area contributed by atoms with Gasteiger partial charge < -0.3 is 14.4 Å². The minimum absolute atomic E-state index is 0.179. The quantitative estimate of drug-likeness (QED) is 0.932. The highest BCUT2D eigenvalue weighted by Gasteiger charge is 2.16. The lowest BCUT2D eigenvalue weighted by molar-refractivity contribution is 0.0692. The van der Waals surface area contributed by atoms with Crippen molar-refractivity contribution in [2.45, 2.75) is 32.4 Å². The summed E-state index contributed by atoms with van der Waals surface area (Å²) < 4.78 is 21.0. The number of aromatic carboxylic acids is 1. The summed E-state index contributed by atoms with van der Waals surface area (Å²) in [6.07, 6.45) is 3.11. The molecule has 1 aromatic heterocycles. The van der Waals surface area contributed by atoms with Crippen molar-refractivity contribution in [3.63, 3.8) is 0 Å². The zero-order chi connectivity index (χ0) is 14.8. The molecule has 0 aliphatic carbocycles. The lowest BCUT2D eigenvalue weighted by Crippen LogP contribution is -2.14. The Morgan fingerprint density at radius 2 is 2.24 bits per heavy atom. The van der Waals surface area contributed by atoms with Crippen LogP contribution in [0.3, 0.4) is 0 Å². The maximum Gasteiger partial charge on any atom is 0.338 e. The van der Waals surface area contributed by atoms with Crippen LogP contribution < -0.4 is 4.74 Å². The molecule has 6 nitrogen and oxygen atoms in total. The van der Waals surface area contributed by atoms with Gasteiger partial charge in [-0.1, -0.05) is 0 Å². The first-order valence-electron chi connectivity index (χ1n) is 6.72. The second-order valence-electron chi connectivity index (χ2n) is 4.88. The van der Waals surface area contributed by atoms with E-state index in [-0.39, 0.29) is 17.9 Å². The minimum atomic E-state index is -1.30. The second kappa shape index (κ2) is 5.51. The first-order chi connectivity index (χ1) is 10.1. The minimum Gasteiger partial charge on any atom is -0.486 e. The summed E-state index contributed by atoms with van der Waals surface area (Å²) in [5.74, 6) is -0.195. The fourth-order valence-electron chi connectivity index (χ4n) is 2.38. The molecule has 2 heterocycles. The molecule has 0 spiro atoms. The average Bonchev–Trinajstić information content (AvgIpc) is 2.88. The molecule has 0 amide bonds. The Labute approximate surface area is 120 Å². The van der Waals surface area contributed by atoms with Gasteiger partial charge in [0.1, 0.15) is 24.0 Å². The highest BCUT2D eigenvalue weighted by molar-refractivity contribution is 5.88. The Morgan fingerprint density at radius 1 is 1.38 bits per heavy atom. The number of carboxylic acid groups (broad SMARTS) is 1. The number of carboxylic acids is 1. The van der Waals surface area contributed by atoms with Gasteiger partial charge in [0, 0.05) is 19.0 Å². The summed E-state index contributed by atoms with van der Waals surface area (Å²) in [6.45, 7) is 1.05. The lowest BCUT2D eigenvalue weighted by atomic mass is 10.2. The van der Waals surface area contributed by atoms with Gasteiger partial charge in [0.05, 0.1) is 5.56 Å². The van der Waals surface area contributed by atoms with Crippen molar-refractivity contribution in [1.29, 1.82) is 0 Å². The summed E-state index contributed by atoms with van der Waals surface area (Å²) in [6, 6.07) is 3.68. The molecule has 110 valence electrons. The van der Waals surface area contributed by atoms with Crippen molar-refractivity contribution < 1.29 is 19.0 Å². The molecule has 0 unspecified atom stereocenters. The van der Waals surface area contributed by atoms with Crippen LogP contribution in [0.15, 0.2) is 18.2 Å². The number of hydrogen-bond donors (Lipinski definition) is 1. The van der Waals surface area contributed by atoms with Crippen molar-refractivity contribution in [3.8, 4) is 5.75 Å². The summed E-state index contributed by atoms with van der Waals surface area (Å²) in [4.78, 5) is 10.7. The predicted molar refractivity (Wildman–Crippen MR) is 70.7 cm³/mol. The number of fused-ring (bicyclic) bond motifs is 1. The van der Waals surface area contributed by atoms with Crippen LogP contribution in [0.2, 0.25) is 0 Å². The topological polar surface area (TPSA) is 77.2 Å². The largest absolute Gasteiger partial charge is 0.486 e. The van der Waals surface area contributed by atoms with E-state index in [2.05, 4.69) is 10.2 Å². The van der Waals surface area contributed by atoms with E-state index in [9.17, 15) is 9.18 Å². The highest BCUT2D eigenvalue weighted by atomic mass is 19.1. The monoisotopic (exact) mass is 291 g/mol. The van der Waals surface area contributed by atoms with Crippen LogP contribution in [0.25, 0.3) is 0 Å². The molecule has 7 heteroatoms. The molecule has 0 atom stereocenters. The van der Waals surface area contributed by atoms with Crippen LogP contribution in [0.5, 0.6) is 5.75 Å². The lowest BCUT2D eigenvalue weighted by Gasteiger charge is -2.15. The van der Waals surface area contributed by atoms with Gasteiger partial charge in [-0.2, -0.15) is 0 Å². The first-order valence-corrected chi connectivity index (χ1v) is 6.72. The van der Waals surface area contributed by atoms with Gasteiger partial charge in [-0.3, -0.25) is 0 Å². The Hall–Kier alpha value is -2.44. The first kappa shape index (κ1) is 13.5. The molecule has 1 aliphatic heterocycles. The number of carbonyl (C=O) groups is 1. The van der Waals surface area contributed by atoms with E-state index in [0.717, 1.165) is 37.7 Å². The Kier molecular flexibility index (Phi) is 3.55. The van der Waals surface area contributed by atoms with Gasteiger partial charge in [-0.25, -0.2) is 9.18 Å². The molecule has 1 N–H and O–H groups in total. The van der Waals surface area contributed by atoms with Gasteiger partial charge in [0.15, 0.2) is 5.82 Å². The average molecular weight is 291 g/mol. The number of nitrogens with zero attached hydrogens (tertiary/aromatic N) is 3. The Balaban J connectivity index is 1.72. The van der Waals surface area contributed by atoms with Crippen LogP contribution in [-0.2, 0) is 19.6 Å². The van der Waals surface area contributed by atoms with E-state index in [1.54, 1.807) is 0 Å². The molecular weight excluding hydrogens is 277 g/mol. The van der Waals surface area contributed by atoms with Crippen LogP contribution in [-0.4, -0.2) is 25.8 Å². The molecule has 0 fully saturated rings. The molecule has 2 aromatic rings. The SMILES string of the molecule is O=C(O)c1ccc(OCc2nnc3n2CCCC3)cc1F. The predicted octanol–water partition coefficient (Wildman–Crippen LogP) is 2.03. The highest BCUT2D eigenvalue weighted by Crippen LogP contribution is 2.19. The maximum atomic E-state index is 13.5. The zero-order valence-electron chi connectivity index (χ0n) is 11.3. The van der Waals surface area contributed by atoms with Crippen molar-refractivity contribution >= 4 is 5.97 Å². The van der Waals surface area contributed by atoms with Crippen LogP contribution >= 0.6 is 0 Å². The van der Waals surface area contributed by atoms with E-state index < -0.39 is 11.8 Å². The molecule has 0 radical (unpaired) electrons. The fraction of sp³-hybridized carbons (Fsp3) is 0.357. The fourth-order valence-corrected chi connectivity index (χ4v) is 2.38. The molecule has 0 saturated heterocycles. The van der Waals surface area contributed by atoms with E-state index >= 15 is 0 Å². The third-order valence-corrected chi connectivity index (χ3v) is 3.48. The van der Waals surface area contributed by atoms with Crippen molar-refractivity contribution in [2.24, 2.45) is 0 Å². The molecule has 1 aromatic carbocycles. The molecule has 0 bridgehead atoms. The van der Waals surface area contributed by atoms with Crippen LogP contribution in [0, 0.1) is 5.82 Å². The van der Waals surface area contributed by atoms with E-state index in [1.807, 2.05) is 4.57 Å². The van der Waals surface area contributed by atoms with E-state index in [1.165, 1.54) is 12.1 Å². The van der Waals surface area contributed by atoms with Crippen LogP contribution in [0.4, 0.5) is 4.39 Å². The molecule has 21 heavy (non-hydrogen) atoms. The summed E-state index contributed by atoms with van der Waals surface area (Å²) in [5.41, 5.74) is -0.373. The Morgan fingerprint density at radius 3 is 3.00 bits per heavy atom. The van der Waals surface area contributed by atoms with Crippen molar-refractivity contribution in [2.75, 3.05) is 0 Å². The molecule has 0 saturated carbocycles. The van der Waals surface area contributed by atoms with Crippen LogP contribution in [0.1, 0.15) is 34.8 Å². The van der Waals surface area contributed by atoms with Crippen molar-refractivity contribution in [1.82, 2.24) is 14.8 Å². The number of aryl methyl sites for hydroxylation is 1. The van der Waals surface area contributed by atoms with Crippen molar-refractivity contribution in [3.05, 3.63) is 41.2 Å². The maximum absolute atomic E-state index is 13.5. The standard InChI is InChI=1S/C14H14FN3O3/c15-11-7-9(4-5-10(11)14(19)20)21-8-13-17-16-12-3-1-2-6-18(12)13/h4-5,7H,1-3,6,8H2,(H,19,20). The number of benzene rings is 1. The number of halogens is 1.